The number of hydrogen-bond donors (Lipinski definition) is 0. The summed E-state index contributed by atoms with van der Waals surface area (Å²) in [6, 6.07) is 5.09. The van der Waals surface area contributed by atoms with Gasteiger partial charge in [-0.2, -0.15) is 5.26 Å². The number of ether oxygens (including phenoxy) is 1. The molecular formula is C20H23FN4O2. The van der Waals surface area contributed by atoms with Gasteiger partial charge in [-0.1, -0.05) is 0 Å². The summed E-state index contributed by atoms with van der Waals surface area (Å²) in [5.74, 6) is -0.562. The van der Waals surface area contributed by atoms with E-state index in [0.717, 1.165) is 30.8 Å². The Balaban J connectivity index is 1.91. The van der Waals surface area contributed by atoms with E-state index in [9.17, 15) is 14.4 Å². The van der Waals surface area contributed by atoms with Gasteiger partial charge in [0.2, 0.25) is 0 Å². The van der Waals surface area contributed by atoms with E-state index in [1.54, 1.807) is 13.1 Å². The van der Waals surface area contributed by atoms with Crippen LogP contribution in [0, 0.1) is 24.1 Å². The summed E-state index contributed by atoms with van der Waals surface area (Å²) in [4.78, 5) is 20.3. The van der Waals surface area contributed by atoms with Crippen LogP contribution in [0.5, 0.6) is 0 Å². The zero-order valence-electron chi connectivity index (χ0n) is 15.7. The number of aryl methyl sites for hydroxylation is 1. The molecule has 0 amide bonds. The number of carbonyl (C=O) groups excluding carboxylic acids is 1. The molecular weight excluding hydrogens is 347 g/mol. The molecule has 0 aliphatic carbocycles. The summed E-state index contributed by atoms with van der Waals surface area (Å²) >= 11 is 0. The second-order valence-electron chi connectivity index (χ2n) is 6.67. The maximum Gasteiger partial charge on any atom is 0.320 e. The Morgan fingerprint density at radius 1 is 1.33 bits per heavy atom. The lowest BCUT2D eigenvalue weighted by Gasteiger charge is -2.26. The van der Waals surface area contributed by atoms with Crippen LogP contribution < -0.4 is 4.90 Å². The number of nitriles is 1. The van der Waals surface area contributed by atoms with Crippen molar-refractivity contribution in [2.75, 3.05) is 44.2 Å². The Morgan fingerprint density at radius 2 is 2.15 bits per heavy atom. The van der Waals surface area contributed by atoms with Gasteiger partial charge in [0.05, 0.1) is 29.9 Å². The number of hydrogen-bond acceptors (Lipinski definition) is 6. The van der Waals surface area contributed by atoms with Crippen molar-refractivity contribution in [3.8, 4) is 6.07 Å². The lowest BCUT2D eigenvalue weighted by molar-refractivity contribution is -0.144. The van der Waals surface area contributed by atoms with Gasteiger partial charge in [0.1, 0.15) is 11.9 Å². The van der Waals surface area contributed by atoms with Crippen molar-refractivity contribution >= 4 is 22.6 Å². The third kappa shape index (κ3) is 4.17. The summed E-state index contributed by atoms with van der Waals surface area (Å²) in [5.41, 5.74) is 2.61. The zero-order chi connectivity index (χ0) is 19.4. The Kier molecular flexibility index (Phi) is 5.87. The van der Waals surface area contributed by atoms with Gasteiger partial charge in [0, 0.05) is 37.8 Å². The number of pyridine rings is 1. The Morgan fingerprint density at radius 3 is 2.89 bits per heavy atom. The molecule has 1 saturated heterocycles. The van der Waals surface area contributed by atoms with Gasteiger partial charge in [-0.05, 0) is 38.0 Å². The van der Waals surface area contributed by atoms with E-state index in [1.807, 2.05) is 6.92 Å². The maximum absolute atomic E-state index is 14.0. The second kappa shape index (κ2) is 8.31. The van der Waals surface area contributed by atoms with Gasteiger partial charge < -0.3 is 9.64 Å². The molecule has 1 aliphatic heterocycles. The quantitative estimate of drug-likeness (QED) is 0.771. The third-order valence-corrected chi connectivity index (χ3v) is 4.78. The zero-order valence-corrected chi connectivity index (χ0v) is 15.7. The highest BCUT2D eigenvalue weighted by Crippen LogP contribution is 2.32. The summed E-state index contributed by atoms with van der Waals surface area (Å²) in [7, 11) is 0. The highest BCUT2D eigenvalue weighted by molar-refractivity contribution is 5.96. The normalized spacial score (nSPS) is 15.4. The monoisotopic (exact) mass is 370 g/mol. The Bertz CT molecular complexity index is 894. The first kappa shape index (κ1) is 19.1. The number of carbonyl (C=O) groups is 1. The van der Waals surface area contributed by atoms with E-state index in [2.05, 4.69) is 20.9 Å². The minimum atomic E-state index is -0.336. The number of rotatable bonds is 4. The largest absolute Gasteiger partial charge is 0.465 e. The van der Waals surface area contributed by atoms with Crippen LogP contribution in [0.3, 0.4) is 0 Å². The average molecular weight is 370 g/mol. The SMILES string of the molecule is CCOC(=O)CN1CCCN(c2c(C#N)cnc3c(C)cc(F)cc23)CC1. The van der Waals surface area contributed by atoms with Crippen molar-refractivity contribution in [2.24, 2.45) is 0 Å². The smallest absolute Gasteiger partial charge is 0.320 e. The summed E-state index contributed by atoms with van der Waals surface area (Å²) in [5, 5.41) is 10.2. The van der Waals surface area contributed by atoms with E-state index in [1.165, 1.54) is 12.1 Å². The van der Waals surface area contributed by atoms with Crippen LogP contribution >= 0.6 is 0 Å². The molecule has 142 valence electrons. The topological polar surface area (TPSA) is 69.5 Å². The first-order valence-electron chi connectivity index (χ1n) is 9.15. The van der Waals surface area contributed by atoms with Gasteiger partial charge in [0.25, 0.3) is 0 Å². The molecule has 0 unspecified atom stereocenters. The standard InChI is InChI=1S/C20H23FN4O2/c1-3-27-18(26)13-24-5-4-6-25(8-7-24)20-15(11-22)12-23-19-14(2)9-16(21)10-17(19)20/h9-10,12H,3-8,13H2,1-2H3. The first-order chi connectivity index (χ1) is 13.0. The molecule has 6 nitrogen and oxygen atoms in total. The Labute approximate surface area is 158 Å². The van der Waals surface area contributed by atoms with E-state index in [4.69, 9.17) is 4.74 Å². The number of anilines is 1. The summed E-state index contributed by atoms with van der Waals surface area (Å²) in [6.45, 7) is 7.05. The highest BCUT2D eigenvalue weighted by Gasteiger charge is 2.22. The third-order valence-electron chi connectivity index (χ3n) is 4.78. The van der Waals surface area contributed by atoms with Gasteiger partial charge in [-0.15, -0.1) is 0 Å². The van der Waals surface area contributed by atoms with Crippen LogP contribution in [0.2, 0.25) is 0 Å². The molecule has 1 aliphatic rings. The molecule has 2 aromatic rings. The van der Waals surface area contributed by atoms with E-state index < -0.39 is 0 Å². The molecule has 0 atom stereocenters. The highest BCUT2D eigenvalue weighted by atomic mass is 19.1. The van der Waals surface area contributed by atoms with Crippen molar-refractivity contribution in [2.45, 2.75) is 20.3 Å². The van der Waals surface area contributed by atoms with Crippen LogP contribution in [0.1, 0.15) is 24.5 Å². The van der Waals surface area contributed by atoms with E-state index >= 15 is 0 Å². The van der Waals surface area contributed by atoms with Crippen LogP contribution in [0.15, 0.2) is 18.3 Å². The molecule has 0 N–H and O–H groups in total. The fourth-order valence-electron chi connectivity index (χ4n) is 3.59. The fraction of sp³-hybridized carbons (Fsp3) is 0.450. The number of benzene rings is 1. The molecule has 1 aromatic carbocycles. The van der Waals surface area contributed by atoms with Crippen LogP contribution in [0.4, 0.5) is 10.1 Å². The van der Waals surface area contributed by atoms with Crippen molar-refractivity contribution in [1.82, 2.24) is 9.88 Å². The van der Waals surface area contributed by atoms with Crippen molar-refractivity contribution < 1.29 is 13.9 Å². The Hall–Kier alpha value is -2.72. The van der Waals surface area contributed by atoms with Crippen LogP contribution in [-0.4, -0.2) is 55.2 Å². The van der Waals surface area contributed by atoms with E-state index in [-0.39, 0.29) is 18.3 Å². The molecule has 7 heteroatoms. The molecule has 3 rings (SSSR count). The number of halogens is 1. The molecule has 0 radical (unpaired) electrons. The lowest BCUT2D eigenvalue weighted by atomic mass is 10.0. The molecule has 1 aromatic heterocycles. The van der Waals surface area contributed by atoms with Gasteiger partial charge in [-0.25, -0.2) is 4.39 Å². The summed E-state index contributed by atoms with van der Waals surface area (Å²) < 4.78 is 19.1. The van der Waals surface area contributed by atoms with Crippen molar-refractivity contribution in [1.29, 1.82) is 5.26 Å². The average Bonchev–Trinajstić information content (AvgIpc) is 2.86. The molecule has 0 spiro atoms. The predicted molar refractivity (Wildman–Crippen MR) is 101 cm³/mol. The van der Waals surface area contributed by atoms with Crippen molar-refractivity contribution in [3.63, 3.8) is 0 Å². The van der Waals surface area contributed by atoms with Gasteiger partial charge in [-0.3, -0.25) is 14.7 Å². The van der Waals surface area contributed by atoms with Gasteiger partial charge in [0.15, 0.2) is 0 Å². The van der Waals surface area contributed by atoms with E-state index in [0.29, 0.717) is 36.2 Å². The fourth-order valence-corrected chi connectivity index (χ4v) is 3.59. The minimum Gasteiger partial charge on any atom is -0.465 e. The van der Waals surface area contributed by atoms with Crippen molar-refractivity contribution in [3.05, 3.63) is 35.3 Å². The predicted octanol–water partition coefficient (Wildman–Crippen LogP) is 2.63. The van der Waals surface area contributed by atoms with Crippen LogP contribution in [-0.2, 0) is 9.53 Å². The second-order valence-corrected chi connectivity index (χ2v) is 6.67. The first-order valence-corrected chi connectivity index (χ1v) is 9.15. The molecule has 0 saturated carbocycles. The number of esters is 1. The minimum absolute atomic E-state index is 0.226. The summed E-state index contributed by atoms with van der Waals surface area (Å²) in [6.07, 6.45) is 2.40. The molecule has 1 fully saturated rings. The molecule has 2 heterocycles. The van der Waals surface area contributed by atoms with Crippen LogP contribution in [0.25, 0.3) is 10.9 Å². The number of fused-ring (bicyclic) bond motifs is 1. The number of aromatic nitrogens is 1. The molecule has 27 heavy (non-hydrogen) atoms. The van der Waals surface area contributed by atoms with Gasteiger partial charge >= 0.3 is 5.97 Å². The lowest BCUT2D eigenvalue weighted by Crippen LogP contribution is -2.35. The maximum atomic E-state index is 14.0. The molecule has 0 bridgehead atoms. The number of nitrogens with zero attached hydrogens (tertiary/aromatic N) is 4.